The molecule has 6 heteroatoms. The molecule has 1 aliphatic rings. The van der Waals surface area contributed by atoms with Crippen LogP contribution in [0.15, 0.2) is 59.5 Å². The van der Waals surface area contributed by atoms with Crippen molar-refractivity contribution in [1.82, 2.24) is 9.62 Å². The molecule has 2 aromatic rings. The summed E-state index contributed by atoms with van der Waals surface area (Å²) in [5.74, 6) is 0.899. The molecule has 0 spiro atoms. The van der Waals surface area contributed by atoms with Crippen LogP contribution in [0.25, 0.3) is 0 Å². The van der Waals surface area contributed by atoms with E-state index in [1.165, 1.54) is 5.56 Å². The maximum absolute atomic E-state index is 12.4. The Morgan fingerprint density at radius 3 is 2.50 bits per heavy atom. The van der Waals surface area contributed by atoms with Gasteiger partial charge in [0.25, 0.3) is 0 Å². The van der Waals surface area contributed by atoms with Crippen LogP contribution >= 0.6 is 0 Å². The van der Waals surface area contributed by atoms with E-state index in [-0.39, 0.29) is 6.04 Å². The van der Waals surface area contributed by atoms with Gasteiger partial charge in [0, 0.05) is 12.6 Å². The fourth-order valence-corrected chi connectivity index (χ4v) is 4.49. The van der Waals surface area contributed by atoms with Gasteiger partial charge in [0.1, 0.15) is 12.4 Å². The monoisotopic (exact) mass is 374 g/mol. The molecule has 1 aliphatic heterocycles. The summed E-state index contributed by atoms with van der Waals surface area (Å²) in [6, 6.07) is 16.6. The molecule has 3 rings (SSSR count). The minimum atomic E-state index is -3.43. The third-order valence-electron chi connectivity index (χ3n) is 4.63. The zero-order chi connectivity index (χ0) is 18.4. The van der Waals surface area contributed by atoms with E-state index >= 15 is 0 Å². The highest BCUT2D eigenvalue weighted by Gasteiger charge is 2.24. The van der Waals surface area contributed by atoms with Gasteiger partial charge in [-0.2, -0.15) is 0 Å². The number of rotatable bonds is 7. The second-order valence-electron chi connectivity index (χ2n) is 6.72. The Labute approximate surface area is 156 Å². The van der Waals surface area contributed by atoms with Crippen molar-refractivity contribution >= 4 is 10.0 Å². The molecule has 0 aromatic heterocycles. The number of benzene rings is 2. The third kappa shape index (κ3) is 5.30. The van der Waals surface area contributed by atoms with Gasteiger partial charge in [0.2, 0.25) is 10.0 Å². The second-order valence-corrected chi connectivity index (χ2v) is 8.43. The number of nitrogens with zero attached hydrogens (tertiary/aromatic N) is 1. The van der Waals surface area contributed by atoms with Crippen LogP contribution in [0.5, 0.6) is 5.75 Å². The summed E-state index contributed by atoms with van der Waals surface area (Å²) in [5, 5.41) is 0. The molecule has 140 valence electrons. The molecule has 0 bridgehead atoms. The first-order chi connectivity index (χ1) is 12.5. The molecular formula is C20H26N2O3S. The first-order valence-corrected chi connectivity index (χ1v) is 10.5. The minimum absolute atomic E-state index is 0.00542. The fourth-order valence-electron chi connectivity index (χ4n) is 3.16. The van der Waals surface area contributed by atoms with E-state index in [2.05, 4.69) is 9.62 Å². The summed E-state index contributed by atoms with van der Waals surface area (Å²) in [7, 11) is -3.43. The summed E-state index contributed by atoms with van der Waals surface area (Å²) in [4.78, 5) is 2.65. The van der Waals surface area contributed by atoms with E-state index in [0.717, 1.165) is 38.2 Å². The Hall–Kier alpha value is -1.89. The molecule has 1 fully saturated rings. The number of ether oxygens (including phenoxy) is 1. The van der Waals surface area contributed by atoms with Gasteiger partial charge < -0.3 is 4.74 Å². The van der Waals surface area contributed by atoms with Crippen molar-refractivity contribution in [3.05, 3.63) is 60.2 Å². The first-order valence-electron chi connectivity index (χ1n) is 9.02. The van der Waals surface area contributed by atoms with Gasteiger partial charge in [-0.1, -0.05) is 30.3 Å². The standard InChI is InChI=1S/C20H26N2O3S/c1-17-6-5-7-19(16-17)25-15-14-22-12-10-18(11-13-22)21-26(23,24)20-8-3-2-4-9-20/h2-9,16,18,21H,10-15H2,1H3. The Morgan fingerprint density at radius 1 is 1.08 bits per heavy atom. The molecular weight excluding hydrogens is 348 g/mol. The van der Waals surface area contributed by atoms with Gasteiger partial charge in [0.15, 0.2) is 0 Å². The average Bonchev–Trinajstić information content (AvgIpc) is 2.64. The molecule has 26 heavy (non-hydrogen) atoms. The Bertz CT molecular complexity index is 801. The van der Waals surface area contributed by atoms with Crippen molar-refractivity contribution in [2.45, 2.75) is 30.7 Å². The molecule has 0 amide bonds. The zero-order valence-electron chi connectivity index (χ0n) is 15.1. The molecule has 0 unspecified atom stereocenters. The fraction of sp³-hybridized carbons (Fsp3) is 0.400. The van der Waals surface area contributed by atoms with Crippen molar-refractivity contribution in [3.8, 4) is 5.75 Å². The maximum Gasteiger partial charge on any atom is 0.240 e. The Kier molecular flexibility index (Phi) is 6.29. The lowest BCUT2D eigenvalue weighted by molar-refractivity contribution is 0.170. The van der Waals surface area contributed by atoms with Crippen molar-refractivity contribution in [3.63, 3.8) is 0 Å². The van der Waals surface area contributed by atoms with E-state index in [1.807, 2.05) is 37.3 Å². The highest BCUT2D eigenvalue weighted by molar-refractivity contribution is 7.89. The summed E-state index contributed by atoms with van der Waals surface area (Å²) < 4.78 is 33.4. The number of aryl methyl sites for hydroxylation is 1. The minimum Gasteiger partial charge on any atom is -0.492 e. The number of likely N-dealkylation sites (tertiary alicyclic amines) is 1. The maximum atomic E-state index is 12.4. The van der Waals surface area contributed by atoms with E-state index in [0.29, 0.717) is 11.5 Å². The number of hydrogen-bond acceptors (Lipinski definition) is 4. The van der Waals surface area contributed by atoms with E-state index < -0.39 is 10.0 Å². The SMILES string of the molecule is Cc1cccc(OCCN2CCC(NS(=O)(=O)c3ccccc3)CC2)c1. The average molecular weight is 375 g/mol. The molecule has 0 saturated carbocycles. The number of nitrogens with one attached hydrogen (secondary N) is 1. The van der Waals surface area contributed by atoms with Crippen LogP contribution < -0.4 is 9.46 Å². The van der Waals surface area contributed by atoms with Crippen LogP contribution in [0.1, 0.15) is 18.4 Å². The number of sulfonamides is 1. The lowest BCUT2D eigenvalue weighted by Gasteiger charge is -2.32. The zero-order valence-corrected chi connectivity index (χ0v) is 15.9. The van der Waals surface area contributed by atoms with Gasteiger partial charge >= 0.3 is 0 Å². The Morgan fingerprint density at radius 2 is 1.81 bits per heavy atom. The normalized spacial score (nSPS) is 16.5. The van der Waals surface area contributed by atoms with Gasteiger partial charge in [-0.25, -0.2) is 13.1 Å². The predicted octanol–water partition coefficient (Wildman–Crippen LogP) is 2.82. The molecule has 1 N–H and O–H groups in total. The topological polar surface area (TPSA) is 58.6 Å². The van der Waals surface area contributed by atoms with Crippen molar-refractivity contribution < 1.29 is 13.2 Å². The lowest BCUT2D eigenvalue weighted by atomic mass is 10.1. The number of piperidine rings is 1. The Balaban J connectivity index is 1.41. The molecule has 1 saturated heterocycles. The molecule has 0 atom stereocenters. The summed E-state index contributed by atoms with van der Waals surface area (Å²) in [5.41, 5.74) is 1.19. The quantitative estimate of drug-likeness (QED) is 0.810. The van der Waals surface area contributed by atoms with Gasteiger partial charge in [-0.15, -0.1) is 0 Å². The molecule has 0 radical (unpaired) electrons. The highest BCUT2D eigenvalue weighted by atomic mass is 32.2. The molecule has 5 nitrogen and oxygen atoms in total. The molecule has 1 heterocycles. The molecule has 0 aliphatic carbocycles. The van der Waals surface area contributed by atoms with E-state index in [9.17, 15) is 8.42 Å². The van der Waals surface area contributed by atoms with Crippen molar-refractivity contribution in [2.24, 2.45) is 0 Å². The summed E-state index contributed by atoms with van der Waals surface area (Å²) in [6.45, 7) is 5.29. The predicted molar refractivity (Wildman–Crippen MR) is 103 cm³/mol. The third-order valence-corrected chi connectivity index (χ3v) is 6.17. The van der Waals surface area contributed by atoms with Crippen molar-refractivity contribution in [2.75, 3.05) is 26.2 Å². The number of hydrogen-bond donors (Lipinski definition) is 1. The van der Waals surface area contributed by atoms with Crippen LogP contribution in [-0.4, -0.2) is 45.6 Å². The highest BCUT2D eigenvalue weighted by Crippen LogP contribution is 2.16. The van der Waals surface area contributed by atoms with Crippen LogP contribution in [0.2, 0.25) is 0 Å². The van der Waals surface area contributed by atoms with Crippen LogP contribution in [-0.2, 0) is 10.0 Å². The first kappa shape index (κ1) is 18.9. The van der Waals surface area contributed by atoms with Gasteiger partial charge in [-0.05, 0) is 62.7 Å². The van der Waals surface area contributed by atoms with E-state index in [1.54, 1.807) is 24.3 Å². The van der Waals surface area contributed by atoms with Gasteiger partial charge in [0.05, 0.1) is 4.90 Å². The molecule has 2 aromatic carbocycles. The van der Waals surface area contributed by atoms with Crippen LogP contribution in [0.3, 0.4) is 0 Å². The summed E-state index contributed by atoms with van der Waals surface area (Å²) >= 11 is 0. The summed E-state index contributed by atoms with van der Waals surface area (Å²) in [6.07, 6.45) is 1.63. The largest absolute Gasteiger partial charge is 0.492 e. The lowest BCUT2D eigenvalue weighted by Crippen LogP contribution is -2.45. The van der Waals surface area contributed by atoms with Crippen LogP contribution in [0, 0.1) is 6.92 Å². The van der Waals surface area contributed by atoms with Crippen molar-refractivity contribution in [1.29, 1.82) is 0 Å². The smallest absolute Gasteiger partial charge is 0.240 e. The van der Waals surface area contributed by atoms with Crippen LogP contribution in [0.4, 0.5) is 0 Å². The van der Waals surface area contributed by atoms with E-state index in [4.69, 9.17) is 4.74 Å². The second kappa shape index (κ2) is 8.66. The van der Waals surface area contributed by atoms with Gasteiger partial charge in [-0.3, -0.25) is 4.90 Å².